The van der Waals surface area contributed by atoms with Crippen LogP contribution in [0.2, 0.25) is 0 Å². The number of hydrogen-bond acceptors (Lipinski definition) is 3. The summed E-state index contributed by atoms with van der Waals surface area (Å²) < 4.78 is 3.08. The first kappa shape index (κ1) is 16.7. The van der Waals surface area contributed by atoms with Gasteiger partial charge in [-0.15, -0.1) is 0 Å². The van der Waals surface area contributed by atoms with E-state index >= 15 is 0 Å². The van der Waals surface area contributed by atoms with E-state index in [1.54, 1.807) is 28.8 Å². The molecule has 128 valence electrons. The molecule has 1 amide bonds. The molecule has 6 heteroatoms. The zero-order valence-electron chi connectivity index (χ0n) is 14.2. The van der Waals surface area contributed by atoms with Gasteiger partial charge in [0.05, 0.1) is 16.7 Å². The molecule has 0 saturated heterocycles. The van der Waals surface area contributed by atoms with Crippen molar-refractivity contribution in [2.24, 2.45) is 0 Å². The van der Waals surface area contributed by atoms with Crippen LogP contribution in [-0.4, -0.2) is 20.8 Å². The number of hydrogen-bond donors (Lipinski definition) is 1. The van der Waals surface area contributed by atoms with Crippen molar-refractivity contribution in [3.63, 3.8) is 0 Å². The standard InChI is InChI=1S/C19H19N3O3/c1-3-21-16-10-6-7-11-17(16)22(19(21)25)12-18(24)20-15-9-5-4-8-14(15)13(2)23/h4-11H,3,12H2,1-2H3,(H,20,24). The first-order chi connectivity index (χ1) is 12.0. The smallest absolute Gasteiger partial charge is 0.324 e. The highest BCUT2D eigenvalue weighted by molar-refractivity contribution is 6.03. The van der Waals surface area contributed by atoms with Gasteiger partial charge in [-0.3, -0.25) is 18.7 Å². The van der Waals surface area contributed by atoms with Crippen LogP contribution < -0.4 is 11.0 Å². The van der Waals surface area contributed by atoms with Crippen LogP contribution in [0.15, 0.2) is 53.3 Å². The lowest BCUT2D eigenvalue weighted by molar-refractivity contribution is -0.116. The molecule has 0 unspecified atom stereocenters. The van der Waals surface area contributed by atoms with Crippen LogP contribution in [0.1, 0.15) is 24.2 Å². The van der Waals surface area contributed by atoms with Crippen LogP contribution in [0, 0.1) is 0 Å². The molecule has 0 aliphatic rings. The van der Waals surface area contributed by atoms with Crippen molar-refractivity contribution >= 4 is 28.4 Å². The molecule has 1 N–H and O–H groups in total. The quantitative estimate of drug-likeness (QED) is 0.728. The number of nitrogens with one attached hydrogen (secondary N) is 1. The van der Waals surface area contributed by atoms with Crippen LogP contribution in [0.5, 0.6) is 0 Å². The van der Waals surface area contributed by atoms with Crippen LogP contribution in [0.3, 0.4) is 0 Å². The first-order valence-corrected chi connectivity index (χ1v) is 8.10. The molecule has 3 aromatic rings. The summed E-state index contributed by atoms with van der Waals surface area (Å²) in [7, 11) is 0. The van der Waals surface area contributed by atoms with Gasteiger partial charge in [0.2, 0.25) is 5.91 Å². The van der Waals surface area contributed by atoms with E-state index in [-0.39, 0.29) is 23.9 Å². The van der Waals surface area contributed by atoms with E-state index in [0.717, 1.165) is 5.52 Å². The van der Waals surface area contributed by atoms with E-state index < -0.39 is 0 Å². The number of anilines is 1. The third-order valence-corrected chi connectivity index (χ3v) is 4.12. The van der Waals surface area contributed by atoms with Gasteiger partial charge < -0.3 is 5.32 Å². The summed E-state index contributed by atoms with van der Waals surface area (Å²) in [6.07, 6.45) is 0. The molecule has 0 spiro atoms. The van der Waals surface area contributed by atoms with E-state index in [9.17, 15) is 14.4 Å². The second kappa shape index (κ2) is 6.76. The Kier molecular flexibility index (Phi) is 4.52. The van der Waals surface area contributed by atoms with Crippen molar-refractivity contribution < 1.29 is 9.59 Å². The Morgan fingerprint density at radius 3 is 2.20 bits per heavy atom. The molecule has 25 heavy (non-hydrogen) atoms. The Balaban J connectivity index is 1.93. The van der Waals surface area contributed by atoms with Gasteiger partial charge in [0.1, 0.15) is 6.54 Å². The Labute approximate surface area is 144 Å². The van der Waals surface area contributed by atoms with Gasteiger partial charge in [-0.05, 0) is 38.1 Å². The average molecular weight is 337 g/mol. The van der Waals surface area contributed by atoms with Crippen molar-refractivity contribution in [3.8, 4) is 0 Å². The van der Waals surface area contributed by atoms with Gasteiger partial charge in [-0.2, -0.15) is 0 Å². The minimum atomic E-state index is -0.352. The van der Waals surface area contributed by atoms with Gasteiger partial charge >= 0.3 is 5.69 Å². The minimum Gasteiger partial charge on any atom is -0.324 e. The third kappa shape index (κ3) is 3.10. The largest absolute Gasteiger partial charge is 0.329 e. The average Bonchev–Trinajstić information content (AvgIpc) is 2.86. The summed E-state index contributed by atoms with van der Waals surface area (Å²) in [6, 6.07) is 14.2. The number of aryl methyl sites for hydroxylation is 1. The Morgan fingerprint density at radius 1 is 0.960 bits per heavy atom. The summed E-state index contributed by atoms with van der Waals surface area (Å²) >= 11 is 0. The Hall–Kier alpha value is -3.15. The lowest BCUT2D eigenvalue weighted by Gasteiger charge is -2.09. The predicted octanol–water partition coefficient (Wildman–Crippen LogP) is 2.66. The monoisotopic (exact) mass is 337 g/mol. The van der Waals surface area contributed by atoms with Crippen LogP contribution >= 0.6 is 0 Å². The molecule has 1 aromatic heterocycles. The van der Waals surface area contributed by atoms with Crippen LogP contribution in [0.25, 0.3) is 11.0 Å². The van der Waals surface area contributed by atoms with E-state index in [1.807, 2.05) is 31.2 Å². The third-order valence-electron chi connectivity index (χ3n) is 4.12. The first-order valence-electron chi connectivity index (χ1n) is 8.10. The number of nitrogens with zero attached hydrogens (tertiary/aromatic N) is 2. The molecule has 0 aliphatic heterocycles. The molecule has 0 saturated carbocycles. The highest BCUT2D eigenvalue weighted by atomic mass is 16.2. The number of carbonyl (C=O) groups is 2. The lowest BCUT2D eigenvalue weighted by atomic mass is 10.1. The van der Waals surface area contributed by atoms with E-state index in [4.69, 9.17) is 0 Å². The fraction of sp³-hybridized carbons (Fsp3) is 0.211. The number of carbonyl (C=O) groups excluding carboxylic acids is 2. The van der Waals surface area contributed by atoms with Crippen LogP contribution in [-0.2, 0) is 17.9 Å². The van der Waals surface area contributed by atoms with Crippen LogP contribution in [0.4, 0.5) is 5.69 Å². The molecule has 1 heterocycles. The van der Waals surface area contributed by atoms with Gasteiger partial charge in [0.15, 0.2) is 5.78 Å². The number of para-hydroxylation sites is 3. The lowest BCUT2D eigenvalue weighted by Crippen LogP contribution is -2.29. The number of fused-ring (bicyclic) bond motifs is 1. The molecule has 3 rings (SSSR count). The predicted molar refractivity (Wildman–Crippen MR) is 96.9 cm³/mol. The molecule has 0 aliphatic carbocycles. The maximum atomic E-state index is 12.6. The summed E-state index contributed by atoms with van der Waals surface area (Å²) in [5.41, 5.74) is 2.18. The van der Waals surface area contributed by atoms with Gasteiger partial charge in [0.25, 0.3) is 0 Å². The number of imidazole rings is 1. The summed E-state index contributed by atoms with van der Waals surface area (Å²) in [5.74, 6) is -0.481. The Bertz CT molecular complexity index is 1010. The van der Waals surface area contributed by atoms with Crippen molar-refractivity contribution in [1.82, 2.24) is 9.13 Å². The minimum absolute atomic E-state index is 0.113. The van der Waals surface area contributed by atoms with Crippen molar-refractivity contribution in [2.75, 3.05) is 5.32 Å². The normalized spacial score (nSPS) is 10.8. The SMILES string of the molecule is CCn1c(=O)n(CC(=O)Nc2ccccc2C(C)=O)c2ccccc21. The number of aromatic nitrogens is 2. The second-order valence-corrected chi connectivity index (χ2v) is 5.75. The highest BCUT2D eigenvalue weighted by Crippen LogP contribution is 2.16. The number of rotatable bonds is 5. The second-order valence-electron chi connectivity index (χ2n) is 5.75. The van der Waals surface area contributed by atoms with E-state index in [1.165, 1.54) is 11.5 Å². The van der Waals surface area contributed by atoms with Gasteiger partial charge in [0, 0.05) is 12.1 Å². The molecule has 0 atom stereocenters. The number of Topliss-reactive ketones (excluding diaryl/α,β-unsaturated/α-hetero) is 1. The molecular formula is C19H19N3O3. The van der Waals surface area contributed by atoms with Crippen molar-refractivity contribution in [3.05, 3.63) is 64.6 Å². The molecule has 6 nitrogen and oxygen atoms in total. The molecule has 0 fully saturated rings. The topological polar surface area (TPSA) is 73.1 Å². The molecule has 2 aromatic carbocycles. The maximum Gasteiger partial charge on any atom is 0.329 e. The molecule has 0 bridgehead atoms. The molecular weight excluding hydrogens is 318 g/mol. The Morgan fingerprint density at radius 2 is 1.56 bits per heavy atom. The summed E-state index contributed by atoms with van der Waals surface area (Å²) in [6.45, 7) is 3.76. The zero-order chi connectivity index (χ0) is 18.0. The van der Waals surface area contributed by atoms with E-state index in [0.29, 0.717) is 23.3 Å². The number of ketones is 1. The fourth-order valence-corrected chi connectivity index (χ4v) is 2.96. The summed E-state index contributed by atoms with van der Waals surface area (Å²) in [5, 5.41) is 2.73. The van der Waals surface area contributed by atoms with Gasteiger partial charge in [-0.1, -0.05) is 24.3 Å². The summed E-state index contributed by atoms with van der Waals surface area (Å²) in [4.78, 5) is 36.7. The zero-order valence-corrected chi connectivity index (χ0v) is 14.2. The highest BCUT2D eigenvalue weighted by Gasteiger charge is 2.15. The van der Waals surface area contributed by atoms with Crippen molar-refractivity contribution in [2.45, 2.75) is 26.9 Å². The van der Waals surface area contributed by atoms with Gasteiger partial charge in [-0.25, -0.2) is 4.79 Å². The molecule has 0 radical (unpaired) electrons. The maximum absolute atomic E-state index is 12.6. The number of amides is 1. The number of benzene rings is 2. The van der Waals surface area contributed by atoms with E-state index in [2.05, 4.69) is 5.32 Å². The van der Waals surface area contributed by atoms with Crippen molar-refractivity contribution in [1.29, 1.82) is 0 Å². The fourth-order valence-electron chi connectivity index (χ4n) is 2.96.